The van der Waals surface area contributed by atoms with Crippen molar-refractivity contribution in [3.8, 4) is 0 Å². The van der Waals surface area contributed by atoms with Crippen LogP contribution in [0.25, 0.3) is 0 Å². The molecule has 1 saturated heterocycles. The largest absolute Gasteiger partial charge is 0.360 e. The molecule has 1 unspecified atom stereocenters. The van der Waals surface area contributed by atoms with Gasteiger partial charge in [0.25, 0.3) is 0 Å². The molecule has 0 bridgehead atoms. The molecule has 0 amide bonds. The lowest BCUT2D eigenvalue weighted by Gasteiger charge is -2.32. The van der Waals surface area contributed by atoms with Gasteiger partial charge in [0.1, 0.15) is 5.82 Å². The van der Waals surface area contributed by atoms with Crippen LogP contribution in [0.15, 0.2) is 29.3 Å². The molecule has 19 heavy (non-hydrogen) atoms. The van der Waals surface area contributed by atoms with Gasteiger partial charge in [0, 0.05) is 11.3 Å². The molecule has 1 heterocycles. The number of nitrogens with zero attached hydrogens (tertiary/aromatic N) is 1. The van der Waals surface area contributed by atoms with Crippen molar-refractivity contribution in [1.82, 2.24) is 5.32 Å². The van der Waals surface area contributed by atoms with Crippen LogP contribution in [0.2, 0.25) is 0 Å². The van der Waals surface area contributed by atoms with Crippen molar-refractivity contribution in [3.05, 3.63) is 35.6 Å². The van der Waals surface area contributed by atoms with E-state index in [-0.39, 0.29) is 17.4 Å². The van der Waals surface area contributed by atoms with E-state index in [0.717, 1.165) is 29.3 Å². The molecule has 1 aromatic rings. The monoisotopic (exact) mass is 280 g/mol. The normalized spacial score (nSPS) is 22.0. The summed E-state index contributed by atoms with van der Waals surface area (Å²) in [7, 11) is 0. The van der Waals surface area contributed by atoms with E-state index in [1.54, 1.807) is 11.8 Å². The molecular formula is C15H21FN2S. The lowest BCUT2D eigenvalue weighted by molar-refractivity contribution is 0.445. The van der Waals surface area contributed by atoms with Gasteiger partial charge in [0.15, 0.2) is 5.17 Å². The molecule has 0 spiro atoms. The number of amidine groups is 1. The van der Waals surface area contributed by atoms with E-state index in [1.807, 2.05) is 12.1 Å². The molecule has 1 fully saturated rings. The highest BCUT2D eigenvalue weighted by Gasteiger charge is 2.24. The third kappa shape index (κ3) is 4.53. The van der Waals surface area contributed by atoms with E-state index in [0.29, 0.717) is 0 Å². The fraction of sp³-hybridized carbons (Fsp3) is 0.533. The topological polar surface area (TPSA) is 24.4 Å². The Morgan fingerprint density at radius 2 is 2.05 bits per heavy atom. The maximum atomic E-state index is 12.8. The molecule has 0 saturated carbocycles. The lowest BCUT2D eigenvalue weighted by Crippen LogP contribution is -2.46. The van der Waals surface area contributed by atoms with Crippen LogP contribution in [0.5, 0.6) is 0 Å². The highest BCUT2D eigenvalue weighted by atomic mass is 32.2. The summed E-state index contributed by atoms with van der Waals surface area (Å²) in [4.78, 5) is 4.72. The second-order valence-electron chi connectivity index (χ2n) is 5.72. The Balaban J connectivity index is 1.96. The summed E-state index contributed by atoms with van der Waals surface area (Å²) in [6, 6.07) is 6.88. The van der Waals surface area contributed by atoms with Gasteiger partial charge in [-0.25, -0.2) is 4.39 Å². The second-order valence-corrected chi connectivity index (χ2v) is 6.80. The molecule has 1 aliphatic heterocycles. The number of hydrogen-bond acceptors (Lipinski definition) is 2. The van der Waals surface area contributed by atoms with Crippen molar-refractivity contribution < 1.29 is 4.39 Å². The minimum Gasteiger partial charge on any atom is -0.360 e. The van der Waals surface area contributed by atoms with Crippen LogP contribution in [-0.4, -0.2) is 22.5 Å². The minimum atomic E-state index is -0.186. The van der Waals surface area contributed by atoms with Gasteiger partial charge in [-0.2, -0.15) is 0 Å². The van der Waals surface area contributed by atoms with Gasteiger partial charge in [0.05, 0.1) is 6.04 Å². The van der Waals surface area contributed by atoms with Gasteiger partial charge in [0.2, 0.25) is 0 Å². The maximum Gasteiger partial charge on any atom is 0.157 e. The summed E-state index contributed by atoms with van der Waals surface area (Å²) in [5.41, 5.74) is 1.26. The van der Waals surface area contributed by atoms with Crippen LogP contribution in [0.1, 0.15) is 32.8 Å². The molecule has 4 heteroatoms. The first-order valence-electron chi connectivity index (χ1n) is 6.68. The van der Waals surface area contributed by atoms with E-state index >= 15 is 0 Å². The molecule has 0 aromatic heterocycles. The summed E-state index contributed by atoms with van der Waals surface area (Å²) in [6.45, 7) is 6.50. The standard InChI is InChI=1S/C15H21FN2S/c1-11(10-12-4-6-13(16)7-5-12)17-14-18-15(2,3)8-9-19-14/h4-7,11H,8-10H2,1-3H3,(H,17,18). The Morgan fingerprint density at radius 3 is 2.68 bits per heavy atom. The molecule has 104 valence electrons. The number of aliphatic imine (C=N–C) groups is 1. The van der Waals surface area contributed by atoms with E-state index in [1.165, 1.54) is 12.1 Å². The zero-order valence-electron chi connectivity index (χ0n) is 11.7. The van der Waals surface area contributed by atoms with Crippen LogP contribution in [0.4, 0.5) is 4.39 Å². The van der Waals surface area contributed by atoms with E-state index in [2.05, 4.69) is 26.1 Å². The Hall–Kier alpha value is -1.03. The summed E-state index contributed by atoms with van der Waals surface area (Å²) in [6.07, 6.45) is 2.00. The first-order chi connectivity index (χ1) is 8.94. The lowest BCUT2D eigenvalue weighted by atomic mass is 10.0. The number of nitrogens with one attached hydrogen (secondary N) is 1. The average Bonchev–Trinajstić information content (AvgIpc) is 2.30. The predicted octanol–water partition coefficient (Wildman–Crippen LogP) is 3.62. The summed E-state index contributed by atoms with van der Waals surface area (Å²) >= 11 is 1.79. The second kappa shape index (κ2) is 5.95. The van der Waals surface area contributed by atoms with Crippen molar-refractivity contribution in [1.29, 1.82) is 0 Å². The number of benzene rings is 1. The van der Waals surface area contributed by atoms with Crippen LogP contribution >= 0.6 is 11.8 Å². The van der Waals surface area contributed by atoms with Gasteiger partial charge in [-0.05, 0) is 51.3 Å². The Labute approximate surface area is 118 Å². The van der Waals surface area contributed by atoms with Gasteiger partial charge in [-0.15, -0.1) is 0 Å². The molecular weight excluding hydrogens is 259 g/mol. The highest BCUT2D eigenvalue weighted by molar-refractivity contribution is 8.13. The van der Waals surface area contributed by atoms with E-state index < -0.39 is 0 Å². The number of halogens is 1. The van der Waals surface area contributed by atoms with Crippen molar-refractivity contribution in [2.24, 2.45) is 4.99 Å². The number of hydrogen-bond donors (Lipinski definition) is 1. The predicted molar refractivity (Wildman–Crippen MR) is 81.3 cm³/mol. The van der Waals surface area contributed by atoms with Crippen LogP contribution in [0, 0.1) is 5.82 Å². The van der Waals surface area contributed by atoms with Crippen LogP contribution in [-0.2, 0) is 6.42 Å². The molecule has 1 aromatic carbocycles. The molecule has 2 rings (SSSR count). The van der Waals surface area contributed by atoms with Gasteiger partial charge in [-0.1, -0.05) is 23.9 Å². The SMILES string of the molecule is CC(Cc1ccc(F)cc1)N=C1NC(C)(C)CCS1. The Bertz CT molecular complexity index is 454. The van der Waals surface area contributed by atoms with E-state index in [4.69, 9.17) is 4.99 Å². The van der Waals surface area contributed by atoms with Gasteiger partial charge < -0.3 is 5.32 Å². The smallest absolute Gasteiger partial charge is 0.157 e. The molecule has 0 aliphatic carbocycles. The zero-order chi connectivity index (χ0) is 13.9. The van der Waals surface area contributed by atoms with E-state index in [9.17, 15) is 4.39 Å². The number of thioether (sulfide) groups is 1. The molecule has 1 atom stereocenters. The first-order valence-corrected chi connectivity index (χ1v) is 7.66. The molecule has 2 nitrogen and oxygen atoms in total. The quantitative estimate of drug-likeness (QED) is 0.914. The van der Waals surface area contributed by atoms with Gasteiger partial charge >= 0.3 is 0 Å². The molecule has 1 N–H and O–H groups in total. The molecule has 1 aliphatic rings. The average molecular weight is 280 g/mol. The van der Waals surface area contributed by atoms with Crippen molar-refractivity contribution in [3.63, 3.8) is 0 Å². The van der Waals surface area contributed by atoms with Crippen molar-refractivity contribution in [2.45, 2.75) is 45.2 Å². The Kier molecular flexibility index (Phi) is 4.50. The zero-order valence-corrected chi connectivity index (χ0v) is 12.6. The fourth-order valence-electron chi connectivity index (χ4n) is 2.07. The summed E-state index contributed by atoms with van der Waals surface area (Å²) in [5.74, 6) is 0.927. The fourth-order valence-corrected chi connectivity index (χ4v) is 3.48. The number of rotatable bonds is 3. The maximum absolute atomic E-state index is 12.8. The summed E-state index contributed by atoms with van der Waals surface area (Å²) in [5, 5.41) is 4.50. The minimum absolute atomic E-state index is 0.139. The molecule has 0 radical (unpaired) electrons. The van der Waals surface area contributed by atoms with Gasteiger partial charge in [-0.3, -0.25) is 4.99 Å². The van der Waals surface area contributed by atoms with Crippen LogP contribution in [0.3, 0.4) is 0 Å². The highest BCUT2D eigenvalue weighted by Crippen LogP contribution is 2.22. The van der Waals surface area contributed by atoms with Crippen LogP contribution < -0.4 is 5.32 Å². The summed E-state index contributed by atoms with van der Waals surface area (Å²) < 4.78 is 12.8. The third-order valence-electron chi connectivity index (χ3n) is 3.19. The van der Waals surface area contributed by atoms with Crippen molar-refractivity contribution in [2.75, 3.05) is 5.75 Å². The van der Waals surface area contributed by atoms with Crippen molar-refractivity contribution >= 4 is 16.9 Å². The first kappa shape index (κ1) is 14.4. The Morgan fingerprint density at radius 1 is 1.37 bits per heavy atom. The third-order valence-corrected chi connectivity index (χ3v) is 4.08.